The van der Waals surface area contributed by atoms with Gasteiger partial charge in [-0.3, -0.25) is 0 Å². The Kier molecular flexibility index (Phi) is 3.34. The van der Waals surface area contributed by atoms with Crippen LogP contribution in [0.25, 0.3) is 0 Å². The molecule has 0 aliphatic carbocycles. The van der Waals surface area contributed by atoms with Crippen LogP contribution in [0.15, 0.2) is 0 Å². The molecule has 74 valence electrons. The second-order valence-electron chi connectivity index (χ2n) is 3.98. The van der Waals surface area contributed by atoms with E-state index in [0.717, 1.165) is 23.7 Å². The largest absolute Gasteiger partial charge is 0.369 e. The lowest BCUT2D eigenvalue weighted by atomic mass is 10.1. The fraction of sp³-hybridized carbons (Fsp3) is 0.700. The number of aromatic nitrogens is 2. The van der Waals surface area contributed by atoms with Crippen molar-refractivity contribution in [1.82, 2.24) is 9.97 Å². The lowest BCUT2D eigenvalue weighted by molar-refractivity contribution is 0.553. The molecule has 0 radical (unpaired) electrons. The molecule has 1 rings (SSSR count). The maximum absolute atomic E-state index is 5.54. The normalized spacial score (nSPS) is 11.1. The molecule has 0 atom stereocenters. The van der Waals surface area contributed by atoms with Crippen molar-refractivity contribution >= 4 is 5.95 Å². The summed E-state index contributed by atoms with van der Waals surface area (Å²) in [6, 6.07) is 0. The van der Waals surface area contributed by atoms with E-state index in [-0.39, 0.29) is 0 Å². The first-order chi connectivity index (χ1) is 6.09. The van der Waals surface area contributed by atoms with Crippen LogP contribution in [0.2, 0.25) is 0 Å². The zero-order valence-corrected chi connectivity index (χ0v) is 8.72. The van der Waals surface area contributed by atoms with Crippen LogP contribution in [0.1, 0.15) is 38.1 Å². The highest BCUT2D eigenvalue weighted by Crippen LogP contribution is 2.12. The van der Waals surface area contributed by atoms with Gasteiger partial charge in [0.05, 0.1) is 5.69 Å². The molecular formula is C10H19N3. The lowest BCUT2D eigenvalue weighted by Gasteiger charge is -2.02. The quantitative estimate of drug-likeness (QED) is 0.748. The molecule has 0 aliphatic rings. The molecule has 0 unspecified atom stereocenters. The van der Waals surface area contributed by atoms with Crippen molar-refractivity contribution in [3.8, 4) is 0 Å². The lowest BCUT2D eigenvalue weighted by Crippen LogP contribution is -1.93. The predicted molar refractivity (Wildman–Crippen MR) is 55.5 cm³/mol. The molecule has 0 bridgehead atoms. The van der Waals surface area contributed by atoms with Crippen LogP contribution >= 0.6 is 0 Å². The van der Waals surface area contributed by atoms with Crippen molar-refractivity contribution < 1.29 is 0 Å². The molecular weight excluding hydrogens is 162 g/mol. The number of nitrogens with one attached hydrogen (secondary N) is 1. The van der Waals surface area contributed by atoms with Crippen LogP contribution in [0.4, 0.5) is 5.95 Å². The van der Waals surface area contributed by atoms with Gasteiger partial charge in [0.25, 0.3) is 0 Å². The molecule has 1 heterocycles. The second kappa shape index (κ2) is 4.30. The Labute approximate surface area is 79.8 Å². The first kappa shape index (κ1) is 10.1. The SMILES string of the molecule is Cc1[nH]c(N)nc1CCCC(C)C. The zero-order valence-electron chi connectivity index (χ0n) is 8.72. The number of rotatable bonds is 4. The van der Waals surface area contributed by atoms with E-state index in [1.54, 1.807) is 0 Å². The van der Waals surface area contributed by atoms with Gasteiger partial charge in [0.2, 0.25) is 0 Å². The first-order valence-electron chi connectivity index (χ1n) is 4.90. The number of hydrogen-bond donors (Lipinski definition) is 2. The van der Waals surface area contributed by atoms with Crippen molar-refractivity contribution in [2.75, 3.05) is 5.73 Å². The molecule has 3 nitrogen and oxygen atoms in total. The molecule has 13 heavy (non-hydrogen) atoms. The Hall–Kier alpha value is -0.990. The summed E-state index contributed by atoms with van der Waals surface area (Å²) < 4.78 is 0. The number of nitrogens with two attached hydrogens (primary N) is 1. The second-order valence-corrected chi connectivity index (χ2v) is 3.98. The van der Waals surface area contributed by atoms with Crippen LogP contribution in [-0.2, 0) is 6.42 Å². The maximum atomic E-state index is 5.54. The third kappa shape index (κ3) is 3.09. The Bertz CT molecular complexity index is 263. The van der Waals surface area contributed by atoms with Gasteiger partial charge < -0.3 is 10.7 Å². The molecule has 0 saturated carbocycles. The Balaban J connectivity index is 2.40. The van der Waals surface area contributed by atoms with Gasteiger partial charge in [-0.25, -0.2) is 4.98 Å². The van der Waals surface area contributed by atoms with Crippen molar-refractivity contribution in [2.24, 2.45) is 5.92 Å². The summed E-state index contributed by atoms with van der Waals surface area (Å²) in [5.74, 6) is 1.31. The van der Waals surface area contributed by atoms with Crippen molar-refractivity contribution in [3.63, 3.8) is 0 Å². The number of aromatic amines is 1. The summed E-state index contributed by atoms with van der Waals surface area (Å²) in [5.41, 5.74) is 7.78. The molecule has 1 aromatic heterocycles. The molecule has 0 amide bonds. The topological polar surface area (TPSA) is 54.7 Å². The van der Waals surface area contributed by atoms with Crippen LogP contribution < -0.4 is 5.73 Å². The minimum atomic E-state index is 0.539. The number of nitrogen functional groups attached to an aromatic ring is 1. The van der Waals surface area contributed by atoms with Gasteiger partial charge in [-0.05, 0) is 25.7 Å². The van der Waals surface area contributed by atoms with Gasteiger partial charge in [0, 0.05) is 5.69 Å². The van der Waals surface area contributed by atoms with Crippen LogP contribution in [0, 0.1) is 12.8 Å². The number of aryl methyl sites for hydroxylation is 2. The molecule has 0 saturated heterocycles. The molecule has 0 spiro atoms. The van der Waals surface area contributed by atoms with Gasteiger partial charge in [0.1, 0.15) is 0 Å². The molecule has 3 heteroatoms. The van der Waals surface area contributed by atoms with E-state index in [1.165, 1.54) is 12.8 Å². The summed E-state index contributed by atoms with van der Waals surface area (Å²) in [6.45, 7) is 6.51. The van der Waals surface area contributed by atoms with Gasteiger partial charge in [-0.1, -0.05) is 20.3 Å². The predicted octanol–water partition coefficient (Wildman–Crippen LogP) is 2.28. The Morgan fingerprint density at radius 1 is 1.46 bits per heavy atom. The van der Waals surface area contributed by atoms with E-state index in [0.29, 0.717) is 5.95 Å². The Morgan fingerprint density at radius 3 is 2.62 bits per heavy atom. The minimum absolute atomic E-state index is 0.539. The Morgan fingerprint density at radius 2 is 2.15 bits per heavy atom. The number of nitrogens with zero attached hydrogens (tertiary/aromatic N) is 1. The average molecular weight is 181 g/mol. The smallest absolute Gasteiger partial charge is 0.197 e. The van der Waals surface area contributed by atoms with Crippen LogP contribution in [-0.4, -0.2) is 9.97 Å². The monoisotopic (exact) mass is 181 g/mol. The zero-order chi connectivity index (χ0) is 9.84. The van der Waals surface area contributed by atoms with E-state index in [9.17, 15) is 0 Å². The van der Waals surface area contributed by atoms with Gasteiger partial charge in [-0.2, -0.15) is 0 Å². The highest BCUT2D eigenvalue weighted by molar-refractivity contribution is 5.25. The van der Waals surface area contributed by atoms with E-state index in [4.69, 9.17) is 5.73 Å². The molecule has 0 aromatic carbocycles. The summed E-state index contributed by atoms with van der Waals surface area (Å²) in [7, 11) is 0. The van der Waals surface area contributed by atoms with Crippen molar-refractivity contribution in [1.29, 1.82) is 0 Å². The number of imidazole rings is 1. The number of H-pyrrole nitrogens is 1. The summed E-state index contributed by atoms with van der Waals surface area (Å²) >= 11 is 0. The van der Waals surface area contributed by atoms with E-state index in [2.05, 4.69) is 23.8 Å². The molecule has 1 aromatic rings. The minimum Gasteiger partial charge on any atom is -0.369 e. The first-order valence-corrected chi connectivity index (χ1v) is 4.90. The van der Waals surface area contributed by atoms with E-state index >= 15 is 0 Å². The third-order valence-corrected chi connectivity index (χ3v) is 2.20. The van der Waals surface area contributed by atoms with Crippen molar-refractivity contribution in [3.05, 3.63) is 11.4 Å². The van der Waals surface area contributed by atoms with Gasteiger partial charge in [0.15, 0.2) is 5.95 Å². The van der Waals surface area contributed by atoms with E-state index in [1.807, 2.05) is 6.92 Å². The standard InChI is InChI=1S/C10H19N3/c1-7(2)5-4-6-9-8(3)12-10(11)13-9/h7H,4-6H2,1-3H3,(H3,11,12,13). The highest BCUT2D eigenvalue weighted by atomic mass is 15.0. The highest BCUT2D eigenvalue weighted by Gasteiger charge is 2.04. The molecule has 0 fully saturated rings. The third-order valence-electron chi connectivity index (χ3n) is 2.20. The molecule has 0 aliphatic heterocycles. The fourth-order valence-corrected chi connectivity index (χ4v) is 1.44. The van der Waals surface area contributed by atoms with Crippen molar-refractivity contribution in [2.45, 2.75) is 40.0 Å². The average Bonchev–Trinajstić information content (AvgIpc) is 2.29. The summed E-state index contributed by atoms with van der Waals surface area (Å²) in [5, 5.41) is 0. The number of anilines is 1. The maximum Gasteiger partial charge on any atom is 0.197 e. The van der Waals surface area contributed by atoms with E-state index < -0.39 is 0 Å². The van der Waals surface area contributed by atoms with Gasteiger partial charge >= 0.3 is 0 Å². The summed E-state index contributed by atoms with van der Waals surface area (Å²) in [6.07, 6.45) is 3.49. The fourth-order valence-electron chi connectivity index (χ4n) is 1.44. The number of hydrogen-bond acceptors (Lipinski definition) is 2. The van der Waals surface area contributed by atoms with Gasteiger partial charge in [-0.15, -0.1) is 0 Å². The van der Waals surface area contributed by atoms with Crippen LogP contribution in [0.5, 0.6) is 0 Å². The summed E-state index contributed by atoms with van der Waals surface area (Å²) in [4.78, 5) is 7.24. The molecule has 3 N–H and O–H groups in total. The van der Waals surface area contributed by atoms with Crippen LogP contribution in [0.3, 0.4) is 0 Å².